The second-order valence-corrected chi connectivity index (χ2v) is 7.80. The number of carbonyl (C=O) groups excluding carboxylic acids is 2. The van der Waals surface area contributed by atoms with E-state index in [0.717, 1.165) is 24.3 Å². The first kappa shape index (κ1) is 22.4. The standard InChI is InChI=1S/C24H26FN5O3/c1-2-28(24(32)21-5-3-16-33-21)17-23(31)30-13-4-12-29(14-15-30)22-11-10-20(26-27-22)18-6-8-19(25)9-7-18/h3,5-11,16H,2,4,12-15,17H2,1H3. The van der Waals surface area contributed by atoms with Crippen LogP contribution >= 0.6 is 0 Å². The minimum absolute atomic E-state index is 0.0161. The Balaban J connectivity index is 1.35. The van der Waals surface area contributed by atoms with Crippen molar-refractivity contribution >= 4 is 17.6 Å². The molecule has 4 rings (SSSR count). The largest absolute Gasteiger partial charge is 0.459 e. The Morgan fingerprint density at radius 3 is 2.52 bits per heavy atom. The van der Waals surface area contributed by atoms with E-state index in [9.17, 15) is 14.0 Å². The number of likely N-dealkylation sites (N-methyl/N-ethyl adjacent to an activating group) is 1. The molecule has 2 amide bonds. The maximum absolute atomic E-state index is 13.1. The molecule has 1 fully saturated rings. The van der Waals surface area contributed by atoms with Crippen molar-refractivity contribution in [2.45, 2.75) is 13.3 Å². The smallest absolute Gasteiger partial charge is 0.290 e. The van der Waals surface area contributed by atoms with E-state index in [0.29, 0.717) is 31.9 Å². The third-order valence-corrected chi connectivity index (χ3v) is 5.69. The van der Waals surface area contributed by atoms with E-state index >= 15 is 0 Å². The molecule has 1 aromatic carbocycles. The number of nitrogens with zero attached hydrogens (tertiary/aromatic N) is 5. The fraction of sp³-hybridized carbons (Fsp3) is 0.333. The summed E-state index contributed by atoms with van der Waals surface area (Å²) in [4.78, 5) is 30.8. The van der Waals surface area contributed by atoms with E-state index in [1.807, 2.05) is 19.1 Å². The molecule has 0 radical (unpaired) electrons. The molecule has 8 nitrogen and oxygen atoms in total. The average Bonchev–Trinajstić information content (AvgIpc) is 3.27. The maximum atomic E-state index is 13.1. The van der Waals surface area contributed by atoms with Crippen LogP contribution in [0.4, 0.5) is 10.2 Å². The van der Waals surface area contributed by atoms with E-state index < -0.39 is 0 Å². The first-order chi connectivity index (χ1) is 16.0. The molecule has 0 spiro atoms. The lowest BCUT2D eigenvalue weighted by Gasteiger charge is -2.26. The van der Waals surface area contributed by atoms with Crippen molar-refractivity contribution in [2.24, 2.45) is 0 Å². The summed E-state index contributed by atoms with van der Waals surface area (Å²) < 4.78 is 18.3. The monoisotopic (exact) mass is 451 g/mol. The van der Waals surface area contributed by atoms with Crippen molar-refractivity contribution < 1.29 is 18.4 Å². The van der Waals surface area contributed by atoms with Crippen LogP contribution in [0.5, 0.6) is 0 Å². The molecule has 33 heavy (non-hydrogen) atoms. The van der Waals surface area contributed by atoms with Gasteiger partial charge in [0.05, 0.1) is 12.0 Å². The van der Waals surface area contributed by atoms with Crippen molar-refractivity contribution in [1.82, 2.24) is 20.0 Å². The minimum atomic E-state index is -0.292. The highest BCUT2D eigenvalue weighted by Gasteiger charge is 2.25. The Morgan fingerprint density at radius 1 is 1.03 bits per heavy atom. The van der Waals surface area contributed by atoms with Gasteiger partial charge in [0.15, 0.2) is 11.6 Å². The van der Waals surface area contributed by atoms with Crippen molar-refractivity contribution in [3.8, 4) is 11.3 Å². The summed E-state index contributed by atoms with van der Waals surface area (Å²) in [6.07, 6.45) is 2.23. The lowest BCUT2D eigenvalue weighted by Crippen LogP contribution is -2.44. The number of carbonyl (C=O) groups is 2. The third-order valence-electron chi connectivity index (χ3n) is 5.69. The van der Waals surface area contributed by atoms with E-state index in [4.69, 9.17) is 4.42 Å². The molecular weight excluding hydrogens is 425 g/mol. The molecule has 0 saturated carbocycles. The van der Waals surface area contributed by atoms with Crippen LogP contribution < -0.4 is 4.90 Å². The zero-order valence-electron chi connectivity index (χ0n) is 18.5. The van der Waals surface area contributed by atoms with Crippen molar-refractivity contribution in [3.05, 3.63) is 66.4 Å². The summed E-state index contributed by atoms with van der Waals surface area (Å²) in [6, 6.07) is 13.1. The Morgan fingerprint density at radius 2 is 1.85 bits per heavy atom. The maximum Gasteiger partial charge on any atom is 0.290 e. The zero-order chi connectivity index (χ0) is 23.2. The van der Waals surface area contributed by atoms with Gasteiger partial charge in [0.2, 0.25) is 5.91 Å². The number of furan rings is 1. The SMILES string of the molecule is CCN(CC(=O)N1CCCN(c2ccc(-c3ccc(F)cc3)nn2)CC1)C(=O)c1ccco1. The highest BCUT2D eigenvalue weighted by molar-refractivity contribution is 5.94. The average molecular weight is 452 g/mol. The number of hydrogen-bond donors (Lipinski definition) is 0. The first-order valence-corrected chi connectivity index (χ1v) is 11.0. The van der Waals surface area contributed by atoms with Gasteiger partial charge in [-0.15, -0.1) is 10.2 Å². The number of hydrogen-bond acceptors (Lipinski definition) is 6. The molecule has 1 saturated heterocycles. The van der Waals surface area contributed by atoms with Crippen molar-refractivity contribution in [2.75, 3.05) is 44.2 Å². The first-order valence-electron chi connectivity index (χ1n) is 11.0. The highest BCUT2D eigenvalue weighted by atomic mass is 19.1. The van der Waals surface area contributed by atoms with Crippen molar-refractivity contribution in [3.63, 3.8) is 0 Å². The molecule has 3 heterocycles. The fourth-order valence-corrected chi connectivity index (χ4v) is 3.81. The van der Waals surface area contributed by atoms with Crippen molar-refractivity contribution in [1.29, 1.82) is 0 Å². The molecule has 0 aliphatic carbocycles. The molecule has 0 N–H and O–H groups in total. The zero-order valence-corrected chi connectivity index (χ0v) is 18.5. The Kier molecular flexibility index (Phi) is 6.97. The number of halogens is 1. The quantitative estimate of drug-likeness (QED) is 0.573. The number of benzene rings is 1. The van der Waals surface area contributed by atoms with Crippen LogP contribution in [0.15, 0.2) is 59.2 Å². The molecule has 2 aromatic heterocycles. The second kappa shape index (κ2) is 10.2. The lowest BCUT2D eigenvalue weighted by atomic mass is 10.1. The predicted molar refractivity (Wildman–Crippen MR) is 121 cm³/mol. The fourth-order valence-electron chi connectivity index (χ4n) is 3.81. The van der Waals surface area contributed by atoms with Gasteiger partial charge in [-0.05, 0) is 61.9 Å². The van der Waals surface area contributed by atoms with Gasteiger partial charge in [0.1, 0.15) is 12.4 Å². The number of amides is 2. The highest BCUT2D eigenvalue weighted by Crippen LogP contribution is 2.20. The van der Waals surface area contributed by atoms with Crippen LogP contribution in [0.25, 0.3) is 11.3 Å². The molecule has 172 valence electrons. The Bertz CT molecular complexity index is 1070. The van der Waals surface area contributed by atoms with Crippen LogP contribution in [0, 0.1) is 5.82 Å². The van der Waals surface area contributed by atoms with Gasteiger partial charge in [0, 0.05) is 38.3 Å². The van der Waals surface area contributed by atoms with Gasteiger partial charge in [-0.3, -0.25) is 9.59 Å². The summed E-state index contributed by atoms with van der Waals surface area (Å²) in [5.74, 6) is 0.298. The van der Waals surface area contributed by atoms with Crippen LogP contribution in [0.1, 0.15) is 23.9 Å². The van der Waals surface area contributed by atoms with Crippen LogP contribution in [0.3, 0.4) is 0 Å². The normalized spacial score (nSPS) is 14.1. The summed E-state index contributed by atoms with van der Waals surface area (Å²) in [5, 5.41) is 8.63. The van der Waals surface area contributed by atoms with Gasteiger partial charge in [-0.2, -0.15) is 0 Å². The molecule has 9 heteroatoms. The summed E-state index contributed by atoms with van der Waals surface area (Å²) >= 11 is 0. The van der Waals surface area contributed by atoms with Gasteiger partial charge >= 0.3 is 0 Å². The van der Waals surface area contributed by atoms with Gasteiger partial charge in [-0.25, -0.2) is 4.39 Å². The Hall–Kier alpha value is -3.75. The van der Waals surface area contributed by atoms with E-state index in [-0.39, 0.29) is 29.9 Å². The Labute approximate surface area is 191 Å². The molecule has 0 atom stereocenters. The minimum Gasteiger partial charge on any atom is -0.459 e. The molecule has 3 aromatic rings. The molecule has 0 bridgehead atoms. The van der Waals surface area contributed by atoms with Gasteiger partial charge in [-0.1, -0.05) is 0 Å². The van der Waals surface area contributed by atoms with Crippen LogP contribution in [-0.2, 0) is 4.79 Å². The molecule has 1 aliphatic heterocycles. The van der Waals surface area contributed by atoms with Crippen LogP contribution in [0.2, 0.25) is 0 Å². The number of aromatic nitrogens is 2. The van der Waals surface area contributed by atoms with E-state index in [1.165, 1.54) is 23.3 Å². The molecular formula is C24H26FN5O3. The van der Waals surface area contributed by atoms with E-state index in [2.05, 4.69) is 15.1 Å². The summed E-state index contributed by atoms with van der Waals surface area (Å²) in [5.41, 5.74) is 1.47. The number of rotatable bonds is 6. The topological polar surface area (TPSA) is 82.8 Å². The summed E-state index contributed by atoms with van der Waals surface area (Å²) in [6.45, 7) is 4.79. The summed E-state index contributed by atoms with van der Waals surface area (Å²) in [7, 11) is 0. The third kappa shape index (κ3) is 5.36. The van der Waals surface area contributed by atoms with Crippen LogP contribution in [-0.4, -0.2) is 71.1 Å². The van der Waals surface area contributed by atoms with Gasteiger partial charge < -0.3 is 19.1 Å². The molecule has 0 unspecified atom stereocenters. The molecule has 1 aliphatic rings. The van der Waals surface area contributed by atoms with Gasteiger partial charge in [0.25, 0.3) is 5.91 Å². The lowest BCUT2D eigenvalue weighted by molar-refractivity contribution is -0.131. The number of anilines is 1. The van der Waals surface area contributed by atoms with E-state index in [1.54, 1.807) is 29.2 Å². The predicted octanol–water partition coefficient (Wildman–Crippen LogP) is 3.08. The second-order valence-electron chi connectivity index (χ2n) is 7.80.